The minimum absolute atomic E-state index is 0.813. The number of benzene rings is 1. The van der Waals surface area contributed by atoms with E-state index < -0.39 is 28.1 Å². The maximum atomic E-state index is 4.07. The summed E-state index contributed by atoms with van der Waals surface area (Å²) < 4.78 is 4.36. The molecule has 4 heteroatoms. The SMILES string of the molecule is [CH3][U][n]1nnc2ccccc21. The molecule has 0 amide bonds. The Kier molecular flexibility index (Phi) is 1.97. The van der Waals surface area contributed by atoms with Crippen LogP contribution in [0.1, 0.15) is 0 Å². The van der Waals surface area contributed by atoms with Crippen LogP contribution in [0.5, 0.6) is 0 Å². The molecule has 0 spiro atoms. The summed E-state index contributed by atoms with van der Waals surface area (Å²) in [5.74, 6) is 0. The average molecular weight is 371 g/mol. The molecule has 0 atom stereocenters. The van der Waals surface area contributed by atoms with Gasteiger partial charge in [-0.25, -0.2) is 0 Å². The summed E-state index contributed by atoms with van der Waals surface area (Å²) in [7, 11) is 0. The summed E-state index contributed by atoms with van der Waals surface area (Å²) in [6.07, 6.45) is 0. The Bertz CT molecular complexity index is 368. The molecule has 3 nitrogen and oxygen atoms in total. The van der Waals surface area contributed by atoms with Gasteiger partial charge >= 0.3 is 79.6 Å². The molecule has 0 aliphatic carbocycles. The Labute approximate surface area is 79.3 Å². The van der Waals surface area contributed by atoms with E-state index in [4.69, 9.17) is 0 Å². The van der Waals surface area contributed by atoms with Gasteiger partial charge < -0.3 is 0 Å². The number of fused-ring (bicyclic) bond motifs is 1. The van der Waals surface area contributed by atoms with E-state index in [1.165, 1.54) is 5.52 Å². The molecule has 0 bridgehead atoms. The van der Waals surface area contributed by atoms with Gasteiger partial charge in [0, 0.05) is 0 Å². The first kappa shape index (κ1) is 7.33. The monoisotopic (exact) mass is 371 g/mol. The molecule has 54 valence electrons. The summed E-state index contributed by atoms with van der Waals surface area (Å²) in [6, 6.07) is 8.10. The molecule has 0 aliphatic heterocycles. The number of aromatic nitrogens is 3. The van der Waals surface area contributed by atoms with Crippen molar-refractivity contribution in [3.63, 3.8) is 0 Å². The van der Waals surface area contributed by atoms with Crippen LogP contribution in [-0.4, -0.2) is 12.3 Å². The molecule has 0 radical (unpaired) electrons. The number of hydrogen-bond donors (Lipinski definition) is 0. The van der Waals surface area contributed by atoms with Crippen molar-refractivity contribution >= 4 is 11.0 Å². The fourth-order valence-electron chi connectivity index (χ4n) is 1.03. The maximum absolute atomic E-state index is 4.07. The molecular weight excluding hydrogens is 364 g/mol. The summed E-state index contributed by atoms with van der Waals surface area (Å²) in [6.45, 7) is 0. The van der Waals surface area contributed by atoms with Crippen molar-refractivity contribution in [3.05, 3.63) is 24.3 Å². The fourth-order valence-corrected chi connectivity index (χ4v) is 3.38. The van der Waals surface area contributed by atoms with Crippen LogP contribution in [-0.2, 0) is 0 Å². The van der Waals surface area contributed by atoms with E-state index in [0.29, 0.717) is 0 Å². The Morgan fingerprint density at radius 3 is 3.00 bits per heavy atom. The molecule has 2 aromatic rings. The van der Waals surface area contributed by atoms with Gasteiger partial charge in [0.1, 0.15) is 0 Å². The first-order valence-electron chi connectivity index (χ1n) is 3.40. The predicted octanol–water partition coefficient (Wildman–Crippen LogP) is 1.33. The van der Waals surface area contributed by atoms with Gasteiger partial charge in [0.05, 0.1) is 0 Å². The third-order valence-electron chi connectivity index (χ3n) is 1.56. The van der Waals surface area contributed by atoms with Gasteiger partial charge in [-0.2, -0.15) is 0 Å². The second kappa shape index (κ2) is 2.96. The number of rotatable bonds is 1. The van der Waals surface area contributed by atoms with Crippen molar-refractivity contribution in [1.82, 2.24) is 12.3 Å². The molecule has 0 aliphatic rings. The van der Waals surface area contributed by atoms with Gasteiger partial charge in [-0.1, -0.05) is 0 Å². The molecule has 1 heterocycles. The van der Waals surface area contributed by atoms with E-state index in [2.05, 4.69) is 22.4 Å². The van der Waals surface area contributed by atoms with Crippen molar-refractivity contribution in [2.75, 3.05) is 0 Å². The van der Waals surface area contributed by atoms with E-state index in [9.17, 15) is 0 Å². The fraction of sp³-hybridized carbons (Fsp3) is 0.143. The number of nitrogens with zero attached hydrogens (tertiary/aromatic N) is 3. The summed E-state index contributed by atoms with van der Waals surface area (Å²) in [5.41, 5.74) is 2.22. The molecule has 0 N–H and O–H groups in total. The third-order valence-corrected chi connectivity index (χ3v) is 4.70. The number of para-hydroxylation sites is 1. The molecule has 2 rings (SSSR count). The normalized spacial score (nSPS) is 9.91. The van der Waals surface area contributed by atoms with Crippen molar-refractivity contribution in [2.45, 2.75) is 3.96 Å². The van der Waals surface area contributed by atoms with Gasteiger partial charge in [-0.05, 0) is 0 Å². The Hall–Kier alpha value is -0.328. The second-order valence-electron chi connectivity index (χ2n) is 2.21. The molecule has 11 heavy (non-hydrogen) atoms. The predicted molar refractivity (Wildman–Crippen MR) is 38.8 cm³/mol. The van der Waals surface area contributed by atoms with E-state index in [-0.39, 0.29) is 0 Å². The van der Waals surface area contributed by atoms with Crippen molar-refractivity contribution in [2.24, 2.45) is 0 Å². The van der Waals surface area contributed by atoms with Crippen LogP contribution in [0.15, 0.2) is 24.3 Å². The van der Waals surface area contributed by atoms with E-state index >= 15 is 0 Å². The number of hydrogen-bond acceptors (Lipinski definition) is 2. The molecule has 1 aromatic heterocycles. The van der Waals surface area contributed by atoms with Crippen molar-refractivity contribution in [3.8, 4) is 0 Å². The van der Waals surface area contributed by atoms with Crippen LogP contribution in [0.3, 0.4) is 0 Å². The zero-order chi connectivity index (χ0) is 7.68. The van der Waals surface area contributed by atoms with Crippen LogP contribution in [0, 0.1) is 28.1 Å². The summed E-state index contributed by atoms with van der Waals surface area (Å²) >= 11 is -0.813. The summed E-state index contributed by atoms with van der Waals surface area (Å²) in [5, 5.41) is 8.13. The molecule has 0 fully saturated rings. The van der Waals surface area contributed by atoms with E-state index in [1.54, 1.807) is 0 Å². The van der Waals surface area contributed by atoms with Crippen molar-refractivity contribution < 1.29 is 28.1 Å². The van der Waals surface area contributed by atoms with Gasteiger partial charge in [0.2, 0.25) is 0 Å². The van der Waals surface area contributed by atoms with Gasteiger partial charge in [0.25, 0.3) is 0 Å². The quantitative estimate of drug-likeness (QED) is 0.758. The zero-order valence-electron chi connectivity index (χ0n) is 6.15. The van der Waals surface area contributed by atoms with Gasteiger partial charge in [-0.15, -0.1) is 0 Å². The first-order valence-corrected chi connectivity index (χ1v) is 9.42. The Morgan fingerprint density at radius 1 is 1.36 bits per heavy atom. The topological polar surface area (TPSA) is 30.7 Å². The van der Waals surface area contributed by atoms with Crippen molar-refractivity contribution in [1.29, 1.82) is 0 Å². The van der Waals surface area contributed by atoms with E-state index in [0.717, 1.165) is 5.52 Å². The van der Waals surface area contributed by atoms with Gasteiger partial charge in [0.15, 0.2) is 0 Å². The van der Waals surface area contributed by atoms with Crippen LogP contribution < -0.4 is 0 Å². The van der Waals surface area contributed by atoms with Crippen LogP contribution in [0.4, 0.5) is 0 Å². The molecular formula is C7H7N3U. The Balaban J connectivity index is 2.76. The standard InChI is InChI=1S/C6H4N3.CH3.U/c1-2-4-6-5(3-1)7-9-8-6;;/h1-4H;1H3;/q-1;;+1. The minimum atomic E-state index is -0.813. The first-order chi connectivity index (χ1) is 5.42. The molecule has 0 unspecified atom stereocenters. The average Bonchev–Trinajstić information content (AvgIpc) is 2.47. The zero-order valence-corrected chi connectivity index (χ0v) is 10.3. The summed E-state index contributed by atoms with van der Waals surface area (Å²) in [4.78, 5) is 0. The van der Waals surface area contributed by atoms with Crippen LogP contribution in [0.25, 0.3) is 11.0 Å². The third kappa shape index (κ3) is 1.21. The Morgan fingerprint density at radius 2 is 2.18 bits per heavy atom. The van der Waals surface area contributed by atoms with Crippen LogP contribution >= 0.6 is 0 Å². The molecule has 0 saturated heterocycles. The molecule has 0 saturated carbocycles. The van der Waals surface area contributed by atoms with Gasteiger partial charge in [-0.3, -0.25) is 0 Å². The molecule has 1 aromatic carbocycles. The second-order valence-corrected chi connectivity index (χ2v) is 5.84. The van der Waals surface area contributed by atoms with E-state index in [1.807, 2.05) is 18.2 Å². The van der Waals surface area contributed by atoms with Crippen LogP contribution in [0.2, 0.25) is 3.96 Å².